The molecule has 2 rings (SSSR count). The average Bonchev–Trinajstić information content (AvgIpc) is 2.32. The molecule has 88 valence electrons. The first-order valence-corrected chi connectivity index (χ1v) is 5.52. The van der Waals surface area contributed by atoms with Crippen LogP contribution >= 0.6 is 0 Å². The molecule has 4 nitrogen and oxygen atoms in total. The molecule has 2 aromatic heterocycles. The summed E-state index contributed by atoms with van der Waals surface area (Å²) in [6, 6.07) is 5.58. The predicted molar refractivity (Wildman–Crippen MR) is 66.0 cm³/mol. The molecule has 0 atom stereocenters. The summed E-state index contributed by atoms with van der Waals surface area (Å²) in [6.45, 7) is 1.53. The van der Waals surface area contributed by atoms with Gasteiger partial charge in [-0.2, -0.15) is 0 Å². The Kier molecular flexibility index (Phi) is 3.04. The van der Waals surface area contributed by atoms with Crippen LogP contribution in [-0.4, -0.2) is 15.3 Å². The number of hydrogen-bond acceptors (Lipinski definition) is 3. The molecule has 0 spiro atoms. The van der Waals surface area contributed by atoms with Crippen LogP contribution in [0.1, 0.15) is 18.9 Å². The molecule has 0 N–H and O–H groups in total. The molecule has 0 amide bonds. The maximum atomic E-state index is 12.0. The van der Waals surface area contributed by atoms with E-state index in [1.807, 2.05) is 18.2 Å². The van der Waals surface area contributed by atoms with E-state index in [1.54, 1.807) is 13.2 Å². The highest BCUT2D eigenvalue weighted by Crippen LogP contribution is 2.10. The summed E-state index contributed by atoms with van der Waals surface area (Å²) in [5.74, 6) is 0.0957. The van der Waals surface area contributed by atoms with Crippen LogP contribution in [0.3, 0.4) is 0 Å². The summed E-state index contributed by atoms with van der Waals surface area (Å²) in [4.78, 5) is 27.1. The highest BCUT2D eigenvalue weighted by molar-refractivity contribution is 5.77. The maximum absolute atomic E-state index is 12.0. The van der Waals surface area contributed by atoms with Gasteiger partial charge in [-0.05, 0) is 31.5 Å². The number of nitrogens with zero attached hydrogens (tertiary/aromatic N) is 2. The summed E-state index contributed by atoms with van der Waals surface area (Å²) in [6.07, 6.45) is 2.56. The van der Waals surface area contributed by atoms with Crippen LogP contribution in [0.4, 0.5) is 0 Å². The van der Waals surface area contributed by atoms with Crippen molar-refractivity contribution in [3.05, 3.63) is 40.3 Å². The smallest absolute Gasteiger partial charge is 0.255 e. The van der Waals surface area contributed by atoms with Crippen molar-refractivity contribution >= 4 is 16.8 Å². The lowest BCUT2D eigenvalue weighted by Gasteiger charge is -2.06. The third kappa shape index (κ3) is 2.25. The number of Topliss-reactive ketones (excluding diaryl/α,β-unsaturated/α-hetero) is 1. The van der Waals surface area contributed by atoms with Crippen LogP contribution in [0.25, 0.3) is 11.0 Å². The molecule has 2 aromatic rings. The molecule has 0 aliphatic rings. The fourth-order valence-corrected chi connectivity index (χ4v) is 1.85. The lowest BCUT2D eigenvalue weighted by Crippen LogP contribution is -2.22. The third-order valence-electron chi connectivity index (χ3n) is 2.79. The van der Waals surface area contributed by atoms with Crippen molar-refractivity contribution in [2.24, 2.45) is 7.05 Å². The number of ketones is 1. The van der Waals surface area contributed by atoms with E-state index in [1.165, 1.54) is 11.5 Å². The van der Waals surface area contributed by atoms with E-state index < -0.39 is 0 Å². The number of aryl methyl sites for hydroxylation is 2. The van der Waals surface area contributed by atoms with Crippen molar-refractivity contribution in [3.63, 3.8) is 0 Å². The van der Waals surface area contributed by atoms with Gasteiger partial charge in [0, 0.05) is 30.6 Å². The van der Waals surface area contributed by atoms with Gasteiger partial charge in [0.25, 0.3) is 5.56 Å². The van der Waals surface area contributed by atoms with Gasteiger partial charge in [-0.15, -0.1) is 0 Å². The quantitative estimate of drug-likeness (QED) is 0.802. The second-order valence-corrected chi connectivity index (χ2v) is 4.15. The fraction of sp³-hybridized carbons (Fsp3) is 0.308. The summed E-state index contributed by atoms with van der Waals surface area (Å²) < 4.78 is 1.53. The molecule has 0 bridgehead atoms. The zero-order chi connectivity index (χ0) is 12.4. The topological polar surface area (TPSA) is 52.0 Å². The molecule has 0 aliphatic heterocycles. The first-order chi connectivity index (χ1) is 8.09. The number of carbonyl (C=O) groups excluding carboxylic acids is 1. The van der Waals surface area contributed by atoms with Crippen molar-refractivity contribution < 1.29 is 4.79 Å². The van der Waals surface area contributed by atoms with Crippen molar-refractivity contribution in [2.45, 2.75) is 19.8 Å². The number of fused-ring (bicyclic) bond motifs is 1. The summed E-state index contributed by atoms with van der Waals surface area (Å²) in [5.41, 5.74) is 1.27. The van der Waals surface area contributed by atoms with Gasteiger partial charge in [0.05, 0.1) is 0 Å². The van der Waals surface area contributed by atoms with Gasteiger partial charge < -0.3 is 4.79 Å². The van der Waals surface area contributed by atoms with Gasteiger partial charge in [0.2, 0.25) is 0 Å². The normalized spacial score (nSPS) is 10.7. The van der Waals surface area contributed by atoms with Gasteiger partial charge in [0.1, 0.15) is 11.4 Å². The van der Waals surface area contributed by atoms with Gasteiger partial charge in [-0.1, -0.05) is 0 Å². The number of pyridine rings is 2. The Morgan fingerprint density at radius 2 is 2.24 bits per heavy atom. The first kappa shape index (κ1) is 11.5. The van der Waals surface area contributed by atoms with Crippen LogP contribution in [0.5, 0.6) is 0 Å². The van der Waals surface area contributed by atoms with Crippen LogP contribution in [0, 0.1) is 0 Å². The minimum Gasteiger partial charge on any atom is -0.300 e. The van der Waals surface area contributed by atoms with Gasteiger partial charge in [-0.25, -0.2) is 4.98 Å². The minimum atomic E-state index is -0.0718. The Morgan fingerprint density at radius 1 is 1.47 bits per heavy atom. The monoisotopic (exact) mass is 230 g/mol. The Balaban J connectivity index is 2.54. The van der Waals surface area contributed by atoms with Crippen LogP contribution in [-0.2, 0) is 18.3 Å². The summed E-state index contributed by atoms with van der Waals surface area (Å²) >= 11 is 0. The van der Waals surface area contributed by atoms with Crippen LogP contribution < -0.4 is 5.56 Å². The van der Waals surface area contributed by atoms with Gasteiger partial charge in [0.15, 0.2) is 0 Å². The first-order valence-electron chi connectivity index (χ1n) is 5.52. The lowest BCUT2D eigenvalue weighted by atomic mass is 10.1. The second-order valence-electron chi connectivity index (χ2n) is 4.15. The van der Waals surface area contributed by atoms with Crippen molar-refractivity contribution in [2.75, 3.05) is 0 Å². The molecule has 0 saturated carbocycles. The molecule has 2 heterocycles. The van der Waals surface area contributed by atoms with E-state index in [0.717, 1.165) is 5.39 Å². The predicted octanol–water partition coefficient (Wildman–Crippen LogP) is 1.46. The molecule has 0 aromatic carbocycles. The zero-order valence-electron chi connectivity index (χ0n) is 9.93. The summed E-state index contributed by atoms with van der Waals surface area (Å²) in [5, 5.41) is 0.924. The summed E-state index contributed by atoms with van der Waals surface area (Å²) in [7, 11) is 1.70. The highest BCUT2D eigenvalue weighted by Gasteiger charge is 2.07. The Bertz CT molecular complexity index is 629. The lowest BCUT2D eigenvalue weighted by molar-refractivity contribution is -0.116. The van der Waals surface area contributed by atoms with Crippen LogP contribution in [0.2, 0.25) is 0 Å². The molecule has 0 fully saturated rings. The molecule has 0 radical (unpaired) electrons. The average molecular weight is 230 g/mol. The van der Waals surface area contributed by atoms with E-state index >= 15 is 0 Å². The largest absolute Gasteiger partial charge is 0.300 e. The second kappa shape index (κ2) is 4.49. The minimum absolute atomic E-state index is 0.0718. The number of aromatic nitrogens is 2. The van der Waals surface area contributed by atoms with E-state index in [2.05, 4.69) is 4.98 Å². The van der Waals surface area contributed by atoms with E-state index in [9.17, 15) is 9.59 Å². The molecule has 0 saturated heterocycles. The van der Waals surface area contributed by atoms with Gasteiger partial charge >= 0.3 is 0 Å². The SMILES string of the molecule is CC(=O)CCc1cc2cccnc2n(C)c1=O. The molecule has 4 heteroatoms. The van der Waals surface area contributed by atoms with E-state index in [-0.39, 0.29) is 11.3 Å². The Hall–Kier alpha value is -1.97. The Labute approximate surface area is 98.9 Å². The van der Waals surface area contributed by atoms with E-state index in [0.29, 0.717) is 24.1 Å². The standard InChI is InChI=1S/C13H14N2O2/c1-9(16)5-6-11-8-10-4-3-7-14-12(10)15(2)13(11)17/h3-4,7-8H,5-6H2,1-2H3. The molecule has 0 unspecified atom stereocenters. The van der Waals surface area contributed by atoms with Crippen molar-refractivity contribution in [1.29, 1.82) is 0 Å². The number of rotatable bonds is 3. The van der Waals surface area contributed by atoms with E-state index in [4.69, 9.17) is 0 Å². The zero-order valence-corrected chi connectivity index (χ0v) is 9.93. The maximum Gasteiger partial charge on any atom is 0.255 e. The Morgan fingerprint density at radius 3 is 2.94 bits per heavy atom. The third-order valence-corrected chi connectivity index (χ3v) is 2.79. The highest BCUT2D eigenvalue weighted by atomic mass is 16.1. The molecule has 0 aliphatic carbocycles. The number of hydrogen-bond donors (Lipinski definition) is 0. The molecule has 17 heavy (non-hydrogen) atoms. The van der Waals surface area contributed by atoms with Gasteiger partial charge in [-0.3, -0.25) is 9.36 Å². The van der Waals surface area contributed by atoms with Crippen LogP contribution in [0.15, 0.2) is 29.2 Å². The van der Waals surface area contributed by atoms with Crippen molar-refractivity contribution in [3.8, 4) is 0 Å². The molecular formula is C13H14N2O2. The number of carbonyl (C=O) groups is 1. The molecular weight excluding hydrogens is 216 g/mol. The van der Waals surface area contributed by atoms with Crippen molar-refractivity contribution in [1.82, 2.24) is 9.55 Å². The fourth-order valence-electron chi connectivity index (χ4n) is 1.85.